The number of hydrogen-bond acceptors (Lipinski definition) is 5. The van der Waals surface area contributed by atoms with Crippen LogP contribution in [0.25, 0.3) is 0 Å². The summed E-state index contributed by atoms with van der Waals surface area (Å²) in [7, 11) is 1.49. The maximum atomic E-state index is 12.1. The Bertz CT molecular complexity index is 706. The van der Waals surface area contributed by atoms with Crippen LogP contribution in [0.15, 0.2) is 36.5 Å². The summed E-state index contributed by atoms with van der Waals surface area (Å²) in [6, 6.07) is 7.76. The summed E-state index contributed by atoms with van der Waals surface area (Å²) in [5.74, 6) is -0.102. The van der Waals surface area contributed by atoms with Crippen LogP contribution >= 0.6 is 11.6 Å². The van der Waals surface area contributed by atoms with Gasteiger partial charge in [0, 0.05) is 11.8 Å². The molecule has 21 heavy (non-hydrogen) atoms. The third-order valence-electron chi connectivity index (χ3n) is 2.62. The lowest BCUT2D eigenvalue weighted by molar-refractivity contribution is -0.385. The number of rotatable bonds is 4. The molecule has 7 nitrogen and oxygen atoms in total. The molecule has 0 radical (unpaired) electrons. The van der Waals surface area contributed by atoms with Crippen LogP contribution in [-0.2, 0) is 0 Å². The molecule has 1 N–H and O–H groups in total. The zero-order chi connectivity index (χ0) is 15.4. The van der Waals surface area contributed by atoms with Crippen molar-refractivity contribution in [3.05, 3.63) is 57.4 Å². The van der Waals surface area contributed by atoms with Crippen LogP contribution in [0.3, 0.4) is 0 Å². The van der Waals surface area contributed by atoms with E-state index < -0.39 is 16.5 Å². The number of ether oxygens (including phenoxy) is 1. The number of carbonyl (C=O) groups is 1. The highest BCUT2D eigenvalue weighted by Crippen LogP contribution is 2.23. The zero-order valence-electron chi connectivity index (χ0n) is 10.9. The largest absolute Gasteiger partial charge is 0.497 e. The third-order valence-corrected chi connectivity index (χ3v) is 2.83. The smallest absolute Gasteiger partial charge is 0.300 e. The fourth-order valence-electron chi connectivity index (χ4n) is 1.65. The molecule has 0 aliphatic rings. The Hall–Kier alpha value is -2.67. The molecule has 0 unspecified atom stereocenters. The van der Waals surface area contributed by atoms with Gasteiger partial charge in [0.25, 0.3) is 11.6 Å². The van der Waals surface area contributed by atoms with E-state index in [9.17, 15) is 14.9 Å². The Kier molecular flexibility index (Phi) is 4.34. The van der Waals surface area contributed by atoms with Crippen LogP contribution in [0.5, 0.6) is 5.75 Å². The number of nitrogens with zero attached hydrogens (tertiary/aromatic N) is 2. The predicted molar refractivity (Wildman–Crippen MR) is 76.8 cm³/mol. The van der Waals surface area contributed by atoms with Gasteiger partial charge in [-0.25, -0.2) is 4.98 Å². The second-order valence-electron chi connectivity index (χ2n) is 3.97. The van der Waals surface area contributed by atoms with Gasteiger partial charge < -0.3 is 10.1 Å². The quantitative estimate of drug-likeness (QED) is 0.532. The van der Waals surface area contributed by atoms with Crippen LogP contribution in [0.4, 0.5) is 11.4 Å². The number of nitrogens with one attached hydrogen (secondary N) is 1. The van der Waals surface area contributed by atoms with Crippen LogP contribution in [0.2, 0.25) is 5.15 Å². The number of hydrogen-bond donors (Lipinski definition) is 1. The highest BCUT2D eigenvalue weighted by atomic mass is 35.5. The van der Waals surface area contributed by atoms with Crippen molar-refractivity contribution in [2.75, 3.05) is 12.4 Å². The van der Waals surface area contributed by atoms with Crippen molar-refractivity contribution in [2.24, 2.45) is 0 Å². The molecular formula is C13H10ClN3O4. The second-order valence-corrected chi connectivity index (χ2v) is 4.35. The number of anilines is 1. The van der Waals surface area contributed by atoms with Gasteiger partial charge in [-0.05, 0) is 18.2 Å². The molecule has 1 aromatic carbocycles. The number of carbonyl (C=O) groups excluding carboxylic acids is 1. The molecule has 2 aromatic rings. The SMILES string of the molecule is COc1cccc(NC(=O)c2cc(Cl)ncc2[N+](=O)[O-])c1. The van der Waals surface area contributed by atoms with E-state index in [1.165, 1.54) is 7.11 Å². The molecule has 0 saturated carbocycles. The number of benzene rings is 1. The Morgan fingerprint density at radius 3 is 2.86 bits per heavy atom. The lowest BCUT2D eigenvalue weighted by Gasteiger charge is -2.07. The Balaban J connectivity index is 2.31. The molecule has 8 heteroatoms. The van der Waals surface area contributed by atoms with Gasteiger partial charge in [-0.2, -0.15) is 0 Å². The number of aromatic nitrogens is 1. The lowest BCUT2D eigenvalue weighted by Crippen LogP contribution is -2.14. The molecule has 0 aliphatic heterocycles. The summed E-state index contributed by atoms with van der Waals surface area (Å²) >= 11 is 5.68. The van der Waals surface area contributed by atoms with Crippen LogP contribution in [0, 0.1) is 10.1 Å². The van der Waals surface area contributed by atoms with Crippen molar-refractivity contribution >= 4 is 28.9 Å². The maximum Gasteiger partial charge on any atom is 0.300 e. The topological polar surface area (TPSA) is 94.4 Å². The van der Waals surface area contributed by atoms with E-state index in [-0.39, 0.29) is 10.7 Å². The average molecular weight is 308 g/mol. The van der Waals surface area contributed by atoms with Gasteiger partial charge in [-0.1, -0.05) is 17.7 Å². The highest BCUT2D eigenvalue weighted by molar-refractivity contribution is 6.30. The van der Waals surface area contributed by atoms with Gasteiger partial charge >= 0.3 is 0 Å². The molecule has 108 valence electrons. The first-order valence-corrected chi connectivity index (χ1v) is 6.14. The molecular weight excluding hydrogens is 298 g/mol. The monoisotopic (exact) mass is 307 g/mol. The molecule has 0 bridgehead atoms. The van der Waals surface area contributed by atoms with Gasteiger partial charge in [0.1, 0.15) is 22.7 Å². The number of halogens is 1. The molecule has 1 aromatic heterocycles. The number of amides is 1. The van der Waals surface area contributed by atoms with E-state index >= 15 is 0 Å². The summed E-state index contributed by atoms with van der Waals surface area (Å²) in [5, 5.41) is 13.5. The van der Waals surface area contributed by atoms with E-state index in [0.29, 0.717) is 11.4 Å². The van der Waals surface area contributed by atoms with E-state index in [1.807, 2.05) is 0 Å². The Morgan fingerprint density at radius 2 is 2.19 bits per heavy atom. The van der Waals surface area contributed by atoms with Crippen molar-refractivity contribution < 1.29 is 14.5 Å². The average Bonchev–Trinajstić information content (AvgIpc) is 2.47. The van der Waals surface area contributed by atoms with E-state index in [4.69, 9.17) is 16.3 Å². The first kappa shape index (κ1) is 14.7. The molecule has 0 spiro atoms. The number of methoxy groups -OCH3 is 1. The van der Waals surface area contributed by atoms with Gasteiger partial charge in [0.05, 0.1) is 12.0 Å². The fourth-order valence-corrected chi connectivity index (χ4v) is 1.81. The minimum absolute atomic E-state index is 0.00334. The minimum Gasteiger partial charge on any atom is -0.497 e. The summed E-state index contributed by atoms with van der Waals surface area (Å²) in [5.41, 5.74) is -0.135. The summed E-state index contributed by atoms with van der Waals surface area (Å²) in [6.45, 7) is 0. The molecule has 0 saturated heterocycles. The van der Waals surface area contributed by atoms with Crippen molar-refractivity contribution in [1.29, 1.82) is 0 Å². The summed E-state index contributed by atoms with van der Waals surface area (Å²) < 4.78 is 5.03. The van der Waals surface area contributed by atoms with Crippen molar-refractivity contribution in [3.8, 4) is 5.75 Å². The molecule has 0 fully saturated rings. The van der Waals surface area contributed by atoms with E-state index in [2.05, 4.69) is 10.3 Å². The van der Waals surface area contributed by atoms with Crippen LogP contribution < -0.4 is 10.1 Å². The normalized spacial score (nSPS) is 10.0. The van der Waals surface area contributed by atoms with Gasteiger partial charge in [-0.15, -0.1) is 0 Å². The van der Waals surface area contributed by atoms with Gasteiger partial charge in [0.2, 0.25) is 0 Å². The predicted octanol–water partition coefficient (Wildman–Crippen LogP) is 2.90. The Labute approximate surface area is 124 Å². The fraction of sp³-hybridized carbons (Fsp3) is 0.0769. The molecule has 1 heterocycles. The third kappa shape index (κ3) is 3.46. The van der Waals surface area contributed by atoms with Crippen LogP contribution in [0.1, 0.15) is 10.4 Å². The highest BCUT2D eigenvalue weighted by Gasteiger charge is 2.21. The molecule has 0 aliphatic carbocycles. The first-order chi connectivity index (χ1) is 10.0. The maximum absolute atomic E-state index is 12.1. The standard InChI is InChI=1S/C13H10ClN3O4/c1-21-9-4-2-3-8(5-9)16-13(18)10-6-12(14)15-7-11(10)17(19)20/h2-7H,1H3,(H,16,18). The van der Waals surface area contributed by atoms with E-state index in [1.54, 1.807) is 24.3 Å². The number of nitro groups is 1. The summed E-state index contributed by atoms with van der Waals surface area (Å²) in [4.78, 5) is 26.0. The summed E-state index contributed by atoms with van der Waals surface area (Å²) in [6.07, 6.45) is 0.947. The minimum atomic E-state index is -0.691. The first-order valence-electron chi connectivity index (χ1n) is 5.76. The van der Waals surface area contributed by atoms with Gasteiger partial charge in [-0.3, -0.25) is 14.9 Å². The van der Waals surface area contributed by atoms with Crippen molar-refractivity contribution in [2.45, 2.75) is 0 Å². The molecule has 2 rings (SSSR count). The van der Waals surface area contributed by atoms with Gasteiger partial charge in [0.15, 0.2) is 0 Å². The van der Waals surface area contributed by atoms with Crippen molar-refractivity contribution in [1.82, 2.24) is 4.98 Å². The zero-order valence-corrected chi connectivity index (χ0v) is 11.6. The van der Waals surface area contributed by atoms with Crippen LogP contribution in [-0.4, -0.2) is 22.9 Å². The van der Waals surface area contributed by atoms with E-state index in [0.717, 1.165) is 12.3 Å². The van der Waals surface area contributed by atoms with Crippen molar-refractivity contribution in [3.63, 3.8) is 0 Å². The lowest BCUT2D eigenvalue weighted by atomic mass is 10.2. The Morgan fingerprint density at radius 1 is 1.43 bits per heavy atom. The molecule has 1 amide bonds. The molecule has 0 atom stereocenters. The number of pyridine rings is 1. The second kappa shape index (κ2) is 6.19.